The predicted octanol–water partition coefficient (Wildman–Crippen LogP) is 0.759. The van der Waals surface area contributed by atoms with Crippen LogP contribution in [-0.4, -0.2) is 10.9 Å². The van der Waals surface area contributed by atoms with Crippen molar-refractivity contribution in [1.29, 1.82) is 0 Å². The average Bonchev–Trinajstić information content (AvgIpc) is 2.00. The highest BCUT2D eigenvalue weighted by Gasteiger charge is 2.10. The Hall–Kier alpha value is -1.71. The highest BCUT2D eigenvalue weighted by Crippen LogP contribution is 2.30. The Morgan fingerprint density at radius 1 is 1.42 bits per heavy atom. The molecule has 0 unspecified atom stereocenters. The van der Waals surface area contributed by atoms with E-state index in [1.165, 1.54) is 19.1 Å². The predicted molar refractivity (Wildman–Crippen MR) is 46.9 cm³/mol. The Balaban J connectivity index is 3.36. The molecule has 5 N–H and O–H groups in total. The van der Waals surface area contributed by atoms with Gasteiger partial charge in [0.25, 0.3) is 0 Å². The number of carbonyl (C=O) groups is 1. The van der Waals surface area contributed by atoms with Gasteiger partial charge in [-0.2, -0.15) is 0 Å². The first-order chi connectivity index (χ1) is 5.54. The SMILES string of the molecule is CC(=O)c1ccc(N)c(N)c1O. The average molecular weight is 166 g/mol. The van der Waals surface area contributed by atoms with Crippen LogP contribution in [0.1, 0.15) is 17.3 Å². The fourth-order valence-electron chi connectivity index (χ4n) is 0.908. The Kier molecular flexibility index (Phi) is 1.91. The van der Waals surface area contributed by atoms with Gasteiger partial charge in [-0.15, -0.1) is 0 Å². The normalized spacial score (nSPS) is 9.75. The zero-order chi connectivity index (χ0) is 9.30. The van der Waals surface area contributed by atoms with Gasteiger partial charge in [-0.05, 0) is 19.1 Å². The van der Waals surface area contributed by atoms with E-state index in [0.717, 1.165) is 0 Å². The number of hydrogen-bond acceptors (Lipinski definition) is 4. The molecule has 0 aliphatic carbocycles. The topological polar surface area (TPSA) is 89.3 Å². The molecule has 0 radical (unpaired) electrons. The lowest BCUT2D eigenvalue weighted by Gasteiger charge is -2.05. The molecule has 1 aromatic carbocycles. The van der Waals surface area contributed by atoms with Crippen LogP contribution in [0.25, 0.3) is 0 Å². The number of aromatic hydroxyl groups is 1. The van der Waals surface area contributed by atoms with E-state index in [1.807, 2.05) is 0 Å². The Bertz CT molecular complexity index is 334. The smallest absolute Gasteiger partial charge is 0.163 e. The van der Waals surface area contributed by atoms with E-state index in [-0.39, 0.29) is 28.5 Å². The fourth-order valence-corrected chi connectivity index (χ4v) is 0.908. The number of Topliss-reactive ketones (excluding diaryl/α,β-unsaturated/α-hetero) is 1. The molecular formula is C8H10N2O2. The lowest BCUT2D eigenvalue weighted by Crippen LogP contribution is -2.00. The van der Waals surface area contributed by atoms with Gasteiger partial charge in [-0.25, -0.2) is 0 Å². The second-order valence-electron chi connectivity index (χ2n) is 2.52. The number of nitrogen functional groups attached to an aromatic ring is 2. The summed E-state index contributed by atoms with van der Waals surface area (Å²) in [5, 5.41) is 9.32. The summed E-state index contributed by atoms with van der Waals surface area (Å²) in [7, 11) is 0. The Morgan fingerprint density at radius 3 is 2.50 bits per heavy atom. The maximum atomic E-state index is 10.9. The molecule has 1 aromatic rings. The van der Waals surface area contributed by atoms with Crippen LogP contribution in [0.5, 0.6) is 5.75 Å². The van der Waals surface area contributed by atoms with Crippen LogP contribution in [0.2, 0.25) is 0 Å². The van der Waals surface area contributed by atoms with Crippen LogP contribution in [0.15, 0.2) is 12.1 Å². The first-order valence-corrected chi connectivity index (χ1v) is 3.42. The van der Waals surface area contributed by atoms with E-state index in [9.17, 15) is 9.90 Å². The summed E-state index contributed by atoms with van der Waals surface area (Å²) in [6, 6.07) is 2.94. The summed E-state index contributed by atoms with van der Waals surface area (Å²) in [5.74, 6) is -0.471. The summed E-state index contributed by atoms with van der Waals surface area (Å²) in [6.07, 6.45) is 0. The van der Waals surface area contributed by atoms with E-state index in [1.54, 1.807) is 0 Å². The van der Waals surface area contributed by atoms with Crippen LogP contribution in [0.3, 0.4) is 0 Å². The molecule has 4 nitrogen and oxygen atoms in total. The molecule has 0 fully saturated rings. The lowest BCUT2D eigenvalue weighted by atomic mass is 10.1. The maximum absolute atomic E-state index is 10.9. The summed E-state index contributed by atoms with van der Waals surface area (Å²) >= 11 is 0. The lowest BCUT2D eigenvalue weighted by molar-refractivity contribution is 0.101. The van der Waals surface area contributed by atoms with E-state index in [4.69, 9.17) is 11.5 Å². The van der Waals surface area contributed by atoms with Crippen LogP contribution >= 0.6 is 0 Å². The monoisotopic (exact) mass is 166 g/mol. The standard InChI is InChI=1S/C8H10N2O2/c1-4(11)5-2-3-6(9)7(10)8(5)12/h2-3,12H,9-10H2,1H3. The molecule has 0 saturated carbocycles. The van der Waals surface area contributed by atoms with Gasteiger partial charge in [0.15, 0.2) is 11.5 Å². The zero-order valence-electron chi connectivity index (χ0n) is 6.66. The Labute approximate surface area is 69.8 Å². The minimum atomic E-state index is -0.237. The summed E-state index contributed by atoms with van der Waals surface area (Å²) in [4.78, 5) is 10.9. The van der Waals surface area contributed by atoms with Crippen molar-refractivity contribution in [2.45, 2.75) is 6.92 Å². The Morgan fingerprint density at radius 2 is 2.00 bits per heavy atom. The molecule has 0 aliphatic heterocycles. The minimum absolute atomic E-state index is 0.0581. The second kappa shape index (κ2) is 2.73. The number of nitrogens with two attached hydrogens (primary N) is 2. The number of hydrogen-bond donors (Lipinski definition) is 3. The van der Waals surface area contributed by atoms with E-state index >= 15 is 0 Å². The third-order valence-corrected chi connectivity index (χ3v) is 1.63. The molecule has 12 heavy (non-hydrogen) atoms. The molecule has 0 amide bonds. The first kappa shape index (κ1) is 8.39. The number of ketones is 1. The van der Waals surface area contributed by atoms with Crippen molar-refractivity contribution in [1.82, 2.24) is 0 Å². The molecule has 0 saturated heterocycles. The van der Waals surface area contributed by atoms with Crippen molar-refractivity contribution in [2.24, 2.45) is 0 Å². The number of rotatable bonds is 1. The van der Waals surface area contributed by atoms with Gasteiger partial charge < -0.3 is 16.6 Å². The number of anilines is 2. The largest absolute Gasteiger partial charge is 0.505 e. The van der Waals surface area contributed by atoms with E-state index < -0.39 is 0 Å². The summed E-state index contributed by atoms with van der Waals surface area (Å²) in [6.45, 7) is 1.35. The van der Waals surface area contributed by atoms with Crippen molar-refractivity contribution in [3.8, 4) is 5.75 Å². The third-order valence-electron chi connectivity index (χ3n) is 1.63. The molecule has 0 bridgehead atoms. The van der Waals surface area contributed by atoms with Crippen LogP contribution in [0.4, 0.5) is 11.4 Å². The van der Waals surface area contributed by atoms with Crippen LogP contribution in [0, 0.1) is 0 Å². The number of phenols is 1. The number of carbonyl (C=O) groups excluding carboxylic acids is 1. The maximum Gasteiger partial charge on any atom is 0.163 e. The minimum Gasteiger partial charge on any atom is -0.505 e. The zero-order valence-corrected chi connectivity index (χ0v) is 6.66. The molecule has 0 aliphatic rings. The van der Waals surface area contributed by atoms with Crippen molar-refractivity contribution in [3.05, 3.63) is 17.7 Å². The van der Waals surface area contributed by atoms with Gasteiger partial charge in [-0.3, -0.25) is 4.79 Å². The third kappa shape index (κ3) is 1.18. The van der Waals surface area contributed by atoms with Gasteiger partial charge in [0.1, 0.15) is 0 Å². The van der Waals surface area contributed by atoms with Gasteiger partial charge >= 0.3 is 0 Å². The van der Waals surface area contributed by atoms with E-state index in [0.29, 0.717) is 0 Å². The van der Waals surface area contributed by atoms with Crippen LogP contribution < -0.4 is 11.5 Å². The quantitative estimate of drug-likeness (QED) is 0.326. The summed E-state index contributed by atoms with van der Waals surface area (Å²) < 4.78 is 0. The number of phenolic OH excluding ortho intramolecular Hbond substituents is 1. The molecule has 0 aromatic heterocycles. The fraction of sp³-hybridized carbons (Fsp3) is 0.125. The first-order valence-electron chi connectivity index (χ1n) is 3.42. The van der Waals surface area contributed by atoms with Gasteiger partial charge in [0.05, 0.1) is 16.9 Å². The van der Waals surface area contributed by atoms with E-state index in [2.05, 4.69) is 0 Å². The van der Waals surface area contributed by atoms with Crippen LogP contribution in [-0.2, 0) is 0 Å². The highest BCUT2D eigenvalue weighted by molar-refractivity contribution is 5.99. The van der Waals surface area contributed by atoms with Crippen molar-refractivity contribution >= 4 is 17.2 Å². The second-order valence-corrected chi connectivity index (χ2v) is 2.52. The van der Waals surface area contributed by atoms with Crippen molar-refractivity contribution < 1.29 is 9.90 Å². The highest BCUT2D eigenvalue weighted by atomic mass is 16.3. The molecule has 64 valence electrons. The number of benzene rings is 1. The molecule has 0 heterocycles. The molecule has 4 heteroatoms. The molecular weight excluding hydrogens is 156 g/mol. The van der Waals surface area contributed by atoms with Gasteiger partial charge in [0, 0.05) is 0 Å². The van der Waals surface area contributed by atoms with Crippen molar-refractivity contribution in [3.63, 3.8) is 0 Å². The van der Waals surface area contributed by atoms with Gasteiger partial charge in [0.2, 0.25) is 0 Å². The molecule has 0 atom stereocenters. The molecule has 1 rings (SSSR count). The summed E-state index contributed by atoms with van der Waals surface area (Å²) in [5.41, 5.74) is 11.3. The van der Waals surface area contributed by atoms with Crippen molar-refractivity contribution in [2.75, 3.05) is 11.5 Å². The molecule has 0 spiro atoms. The van der Waals surface area contributed by atoms with Gasteiger partial charge in [-0.1, -0.05) is 0 Å².